The van der Waals surface area contributed by atoms with Crippen LogP contribution in [0.25, 0.3) is 22.3 Å². The van der Waals surface area contributed by atoms with E-state index in [-0.39, 0.29) is 0 Å². The molecule has 0 aromatic heterocycles. The first kappa shape index (κ1) is 12.7. The van der Waals surface area contributed by atoms with Crippen molar-refractivity contribution in [2.75, 3.05) is 0 Å². The van der Waals surface area contributed by atoms with Crippen molar-refractivity contribution in [1.29, 1.82) is 0 Å². The van der Waals surface area contributed by atoms with Crippen LogP contribution in [0.5, 0.6) is 0 Å². The molecule has 0 fully saturated rings. The summed E-state index contributed by atoms with van der Waals surface area (Å²) in [6, 6.07) is 25.7. The van der Waals surface area contributed by atoms with Gasteiger partial charge in [-0.15, -0.1) is 0 Å². The minimum absolute atomic E-state index is 1.27. The Labute approximate surface area is 120 Å². The van der Waals surface area contributed by atoms with E-state index in [1.807, 2.05) is 0 Å². The Hall–Kier alpha value is -2.34. The topological polar surface area (TPSA) is 0 Å². The molecule has 0 saturated carbocycles. The summed E-state index contributed by atoms with van der Waals surface area (Å²) in [5.74, 6) is 0. The maximum atomic E-state index is 2.22. The molecule has 3 aromatic rings. The Morgan fingerprint density at radius 2 is 1.05 bits per heavy atom. The van der Waals surface area contributed by atoms with Gasteiger partial charge >= 0.3 is 0 Å². The van der Waals surface area contributed by atoms with Crippen LogP contribution in [-0.2, 0) is 0 Å². The second-order valence-corrected chi connectivity index (χ2v) is 5.18. The Bertz CT molecular complexity index is 704. The average molecular weight is 258 g/mol. The average Bonchev–Trinajstić information content (AvgIpc) is 2.48. The molecular weight excluding hydrogens is 240 g/mol. The third kappa shape index (κ3) is 2.25. The van der Waals surface area contributed by atoms with Crippen molar-refractivity contribution in [3.8, 4) is 22.3 Å². The van der Waals surface area contributed by atoms with E-state index >= 15 is 0 Å². The minimum atomic E-state index is 1.27. The van der Waals surface area contributed by atoms with E-state index in [0.29, 0.717) is 0 Å². The summed E-state index contributed by atoms with van der Waals surface area (Å²) >= 11 is 0. The van der Waals surface area contributed by atoms with Crippen LogP contribution in [0.1, 0.15) is 11.1 Å². The monoisotopic (exact) mass is 258 g/mol. The lowest BCUT2D eigenvalue weighted by Gasteiger charge is -2.14. The molecule has 0 aliphatic carbocycles. The van der Waals surface area contributed by atoms with Crippen molar-refractivity contribution in [3.05, 3.63) is 83.9 Å². The molecule has 0 heteroatoms. The Balaban J connectivity index is 2.26. The maximum Gasteiger partial charge on any atom is -0.0100 e. The summed E-state index contributed by atoms with van der Waals surface area (Å²) in [4.78, 5) is 0. The molecule has 0 nitrogen and oxygen atoms in total. The first-order valence-corrected chi connectivity index (χ1v) is 6.98. The van der Waals surface area contributed by atoms with E-state index in [0.717, 1.165) is 0 Å². The number of rotatable bonds is 2. The lowest BCUT2D eigenvalue weighted by atomic mass is 9.89. The zero-order chi connectivity index (χ0) is 13.9. The van der Waals surface area contributed by atoms with Crippen LogP contribution in [0.2, 0.25) is 0 Å². The molecule has 0 aliphatic heterocycles. The van der Waals surface area contributed by atoms with Crippen LogP contribution < -0.4 is 0 Å². The van der Waals surface area contributed by atoms with Crippen molar-refractivity contribution in [2.24, 2.45) is 0 Å². The molecule has 0 radical (unpaired) electrons. The van der Waals surface area contributed by atoms with E-state index in [1.54, 1.807) is 0 Å². The van der Waals surface area contributed by atoms with Gasteiger partial charge in [0.15, 0.2) is 0 Å². The third-order valence-corrected chi connectivity index (χ3v) is 3.76. The van der Waals surface area contributed by atoms with E-state index in [9.17, 15) is 0 Å². The fraction of sp³-hybridized carbons (Fsp3) is 0.100. The Morgan fingerprint density at radius 1 is 0.500 bits per heavy atom. The van der Waals surface area contributed by atoms with Gasteiger partial charge in [-0.3, -0.25) is 0 Å². The molecule has 0 unspecified atom stereocenters. The van der Waals surface area contributed by atoms with Crippen molar-refractivity contribution in [1.82, 2.24) is 0 Å². The van der Waals surface area contributed by atoms with Crippen LogP contribution in [0.15, 0.2) is 72.8 Å². The Kier molecular flexibility index (Phi) is 3.39. The standard InChI is InChI=1S/C20H18/c1-15-9-8-10-16(2)20(15)19-14-7-6-13-18(19)17-11-4-3-5-12-17/h3-14H,1-2H3. The quantitative estimate of drug-likeness (QED) is 0.558. The summed E-state index contributed by atoms with van der Waals surface area (Å²) < 4.78 is 0. The van der Waals surface area contributed by atoms with Gasteiger partial charge in [0.1, 0.15) is 0 Å². The second-order valence-electron chi connectivity index (χ2n) is 5.18. The molecule has 0 heterocycles. The number of aryl methyl sites for hydroxylation is 2. The Morgan fingerprint density at radius 3 is 1.70 bits per heavy atom. The molecule has 20 heavy (non-hydrogen) atoms. The van der Waals surface area contributed by atoms with Gasteiger partial charge in [0.2, 0.25) is 0 Å². The molecule has 0 bridgehead atoms. The fourth-order valence-corrected chi connectivity index (χ4v) is 2.81. The first-order valence-electron chi connectivity index (χ1n) is 6.98. The van der Waals surface area contributed by atoms with Gasteiger partial charge in [-0.1, -0.05) is 72.8 Å². The highest BCUT2D eigenvalue weighted by Gasteiger charge is 2.10. The summed E-state index contributed by atoms with van der Waals surface area (Å²) in [6.45, 7) is 4.37. The smallest absolute Gasteiger partial charge is 0.0100 e. The van der Waals surface area contributed by atoms with E-state index in [4.69, 9.17) is 0 Å². The zero-order valence-corrected chi connectivity index (χ0v) is 11.9. The maximum absolute atomic E-state index is 2.22. The van der Waals surface area contributed by atoms with Crippen LogP contribution >= 0.6 is 0 Å². The lowest BCUT2D eigenvalue weighted by Crippen LogP contribution is -1.90. The lowest BCUT2D eigenvalue weighted by molar-refractivity contribution is 1.38. The summed E-state index contributed by atoms with van der Waals surface area (Å²) in [7, 11) is 0. The number of benzene rings is 3. The van der Waals surface area contributed by atoms with Crippen LogP contribution in [0.4, 0.5) is 0 Å². The van der Waals surface area contributed by atoms with Crippen molar-refractivity contribution in [2.45, 2.75) is 13.8 Å². The fourth-order valence-electron chi connectivity index (χ4n) is 2.81. The van der Waals surface area contributed by atoms with Crippen molar-refractivity contribution >= 4 is 0 Å². The van der Waals surface area contributed by atoms with Crippen LogP contribution in [0.3, 0.4) is 0 Å². The molecule has 0 amide bonds. The van der Waals surface area contributed by atoms with Crippen LogP contribution in [-0.4, -0.2) is 0 Å². The van der Waals surface area contributed by atoms with Gasteiger partial charge in [-0.2, -0.15) is 0 Å². The number of hydrogen-bond acceptors (Lipinski definition) is 0. The van der Waals surface area contributed by atoms with E-state index < -0.39 is 0 Å². The van der Waals surface area contributed by atoms with Gasteiger partial charge < -0.3 is 0 Å². The van der Waals surface area contributed by atoms with Gasteiger partial charge in [0.05, 0.1) is 0 Å². The van der Waals surface area contributed by atoms with Crippen LogP contribution in [0, 0.1) is 13.8 Å². The zero-order valence-electron chi connectivity index (χ0n) is 11.9. The normalized spacial score (nSPS) is 10.5. The van der Waals surface area contributed by atoms with E-state index in [2.05, 4.69) is 86.6 Å². The largest absolute Gasteiger partial charge is 0.0622 e. The first-order chi connectivity index (χ1) is 9.77. The molecule has 3 rings (SSSR count). The predicted octanol–water partition coefficient (Wildman–Crippen LogP) is 5.64. The summed E-state index contributed by atoms with van der Waals surface area (Å²) in [5.41, 5.74) is 7.89. The predicted molar refractivity (Wildman–Crippen MR) is 86.8 cm³/mol. The molecule has 0 atom stereocenters. The molecule has 98 valence electrons. The third-order valence-electron chi connectivity index (χ3n) is 3.76. The highest BCUT2D eigenvalue weighted by atomic mass is 14.1. The van der Waals surface area contributed by atoms with Gasteiger partial charge in [0, 0.05) is 0 Å². The summed E-state index contributed by atoms with van der Waals surface area (Å²) in [5, 5.41) is 0. The van der Waals surface area contributed by atoms with Gasteiger partial charge in [-0.05, 0) is 47.2 Å². The van der Waals surface area contributed by atoms with Crippen molar-refractivity contribution in [3.63, 3.8) is 0 Å². The van der Waals surface area contributed by atoms with Gasteiger partial charge in [0.25, 0.3) is 0 Å². The molecule has 0 N–H and O–H groups in total. The summed E-state index contributed by atoms with van der Waals surface area (Å²) in [6.07, 6.45) is 0. The second kappa shape index (κ2) is 5.34. The molecule has 0 saturated heterocycles. The molecule has 0 spiro atoms. The van der Waals surface area contributed by atoms with E-state index in [1.165, 1.54) is 33.4 Å². The van der Waals surface area contributed by atoms with Crippen molar-refractivity contribution < 1.29 is 0 Å². The SMILES string of the molecule is Cc1cccc(C)c1-c1ccccc1-c1ccccc1. The molecule has 3 aromatic carbocycles. The number of hydrogen-bond donors (Lipinski definition) is 0. The van der Waals surface area contributed by atoms with Gasteiger partial charge in [-0.25, -0.2) is 0 Å². The molecular formula is C20H18. The minimum Gasteiger partial charge on any atom is -0.0622 e. The molecule has 0 aliphatic rings. The highest BCUT2D eigenvalue weighted by Crippen LogP contribution is 2.35. The highest BCUT2D eigenvalue weighted by molar-refractivity contribution is 5.86.